The fourth-order valence-corrected chi connectivity index (χ4v) is 3.77. The van der Waals surface area contributed by atoms with Gasteiger partial charge in [0.1, 0.15) is 0 Å². The summed E-state index contributed by atoms with van der Waals surface area (Å²) in [4.78, 5) is 29.7. The van der Waals surface area contributed by atoms with Gasteiger partial charge in [0.2, 0.25) is 0 Å². The summed E-state index contributed by atoms with van der Waals surface area (Å²) in [6.45, 7) is 2.65. The molecule has 0 bridgehead atoms. The number of alkyl halides is 3. The van der Waals surface area contributed by atoms with Crippen LogP contribution >= 0.6 is 0 Å². The quantitative estimate of drug-likeness (QED) is 0.283. The van der Waals surface area contributed by atoms with Crippen LogP contribution in [0.15, 0.2) is 79.0 Å². The Morgan fingerprint density at radius 2 is 1.67 bits per heavy atom. The number of nitrogens with zero attached hydrogens (tertiary/aromatic N) is 1. The van der Waals surface area contributed by atoms with Gasteiger partial charge in [-0.1, -0.05) is 49.7 Å². The molecule has 0 spiro atoms. The van der Waals surface area contributed by atoms with Gasteiger partial charge in [-0.25, -0.2) is 0 Å². The van der Waals surface area contributed by atoms with Gasteiger partial charge in [0, 0.05) is 29.4 Å². The smallest absolute Gasteiger partial charge is 0.352 e. The number of carbonyl (C=O) groups is 2. The van der Waals surface area contributed by atoms with Crippen LogP contribution in [0.1, 0.15) is 46.0 Å². The number of carbonyl (C=O) groups excluding carboxylic acids is 2. The molecule has 0 atom stereocenters. The molecule has 1 aromatic heterocycles. The van der Waals surface area contributed by atoms with Gasteiger partial charge in [-0.15, -0.1) is 0 Å². The van der Waals surface area contributed by atoms with E-state index >= 15 is 0 Å². The minimum atomic E-state index is -4.43. The predicted molar refractivity (Wildman–Crippen MR) is 134 cm³/mol. The van der Waals surface area contributed by atoms with Crippen LogP contribution < -0.4 is 10.6 Å². The third-order valence-corrected chi connectivity index (χ3v) is 5.72. The third kappa shape index (κ3) is 5.71. The monoisotopic (exact) mass is 491 g/mol. The fourth-order valence-electron chi connectivity index (χ4n) is 3.77. The molecule has 2 amide bonds. The Hall–Kier alpha value is -4.20. The third-order valence-electron chi connectivity index (χ3n) is 5.72. The van der Waals surface area contributed by atoms with E-state index in [0.29, 0.717) is 40.0 Å². The van der Waals surface area contributed by atoms with Gasteiger partial charge in [-0.2, -0.15) is 13.2 Å². The van der Waals surface area contributed by atoms with Gasteiger partial charge in [0.25, 0.3) is 11.8 Å². The lowest BCUT2D eigenvalue weighted by molar-refractivity contribution is -0.137. The normalized spacial score (nSPS) is 11.3. The maximum Gasteiger partial charge on any atom is 0.416 e. The Morgan fingerprint density at radius 3 is 2.39 bits per heavy atom. The first-order valence-corrected chi connectivity index (χ1v) is 11.5. The summed E-state index contributed by atoms with van der Waals surface area (Å²) in [5, 5.41) is 6.44. The molecule has 0 radical (unpaired) electrons. The van der Waals surface area contributed by atoms with Crippen LogP contribution in [0.2, 0.25) is 0 Å². The van der Waals surface area contributed by atoms with Gasteiger partial charge in [0.15, 0.2) is 0 Å². The topological polar surface area (TPSA) is 71.1 Å². The van der Waals surface area contributed by atoms with Crippen molar-refractivity contribution in [3.8, 4) is 11.1 Å². The van der Waals surface area contributed by atoms with Crippen molar-refractivity contribution in [1.82, 2.24) is 10.3 Å². The van der Waals surface area contributed by atoms with Gasteiger partial charge < -0.3 is 10.6 Å². The molecule has 0 aliphatic rings. The lowest BCUT2D eigenvalue weighted by Crippen LogP contribution is -2.24. The second kappa shape index (κ2) is 10.6. The number of anilines is 1. The summed E-state index contributed by atoms with van der Waals surface area (Å²) in [7, 11) is 0. The first-order chi connectivity index (χ1) is 17.3. The summed E-state index contributed by atoms with van der Waals surface area (Å²) >= 11 is 0. The van der Waals surface area contributed by atoms with Crippen molar-refractivity contribution in [3.63, 3.8) is 0 Å². The summed E-state index contributed by atoms with van der Waals surface area (Å²) in [5.41, 5.74) is 2.15. The molecule has 0 fully saturated rings. The van der Waals surface area contributed by atoms with Crippen LogP contribution in [0, 0.1) is 0 Å². The van der Waals surface area contributed by atoms with Crippen LogP contribution in [0.3, 0.4) is 0 Å². The van der Waals surface area contributed by atoms with Gasteiger partial charge in [-0.05, 0) is 53.9 Å². The van der Waals surface area contributed by atoms with Crippen LogP contribution in [0.25, 0.3) is 22.0 Å². The zero-order valence-electron chi connectivity index (χ0n) is 19.5. The molecule has 0 saturated carbocycles. The number of benzene rings is 3. The highest BCUT2D eigenvalue weighted by Gasteiger charge is 2.30. The molecular formula is C28H24F3N3O2. The van der Waals surface area contributed by atoms with E-state index in [1.807, 2.05) is 6.92 Å². The highest BCUT2D eigenvalue weighted by Crippen LogP contribution is 2.32. The van der Waals surface area contributed by atoms with Crippen molar-refractivity contribution >= 4 is 28.4 Å². The zero-order chi connectivity index (χ0) is 25.7. The Bertz CT molecular complexity index is 1400. The molecule has 3 aromatic carbocycles. The highest BCUT2D eigenvalue weighted by molar-refractivity contribution is 6.09. The average molecular weight is 492 g/mol. The minimum absolute atomic E-state index is 0.185. The molecule has 4 rings (SSSR count). The molecule has 4 aromatic rings. The second-order valence-electron chi connectivity index (χ2n) is 8.32. The van der Waals surface area contributed by atoms with E-state index in [1.165, 1.54) is 18.3 Å². The molecule has 5 nitrogen and oxygen atoms in total. The lowest BCUT2D eigenvalue weighted by Gasteiger charge is -2.12. The molecular weight excluding hydrogens is 467 g/mol. The van der Waals surface area contributed by atoms with Crippen molar-refractivity contribution < 1.29 is 22.8 Å². The molecule has 36 heavy (non-hydrogen) atoms. The fraction of sp³-hybridized carbons (Fsp3) is 0.179. The van der Waals surface area contributed by atoms with Gasteiger partial charge in [-0.3, -0.25) is 14.6 Å². The number of hydrogen-bond donors (Lipinski definition) is 2. The first kappa shape index (κ1) is 24.9. The van der Waals surface area contributed by atoms with E-state index in [4.69, 9.17) is 0 Å². The number of aromatic nitrogens is 1. The summed E-state index contributed by atoms with van der Waals surface area (Å²) in [5.74, 6) is -0.591. The predicted octanol–water partition coefficient (Wildman–Crippen LogP) is 6.70. The first-order valence-electron chi connectivity index (χ1n) is 11.5. The SMILES string of the molecule is CCCCNC(=O)c1cnc2cc(NC(=O)c3ccccc3-c3ccc(C(F)(F)F)cc3)ccc2c1. The van der Waals surface area contributed by atoms with E-state index < -0.39 is 17.6 Å². The minimum Gasteiger partial charge on any atom is -0.352 e. The number of amides is 2. The van der Waals surface area contributed by atoms with E-state index in [-0.39, 0.29) is 5.91 Å². The van der Waals surface area contributed by atoms with E-state index in [2.05, 4.69) is 15.6 Å². The molecule has 0 unspecified atom stereocenters. The van der Waals surface area contributed by atoms with Crippen LogP contribution in [0.5, 0.6) is 0 Å². The Balaban J connectivity index is 1.53. The number of halogens is 3. The lowest BCUT2D eigenvalue weighted by atomic mass is 9.98. The Kier molecular flexibility index (Phi) is 7.33. The van der Waals surface area contributed by atoms with E-state index in [9.17, 15) is 22.8 Å². The Morgan fingerprint density at radius 1 is 0.917 bits per heavy atom. The number of hydrogen-bond acceptors (Lipinski definition) is 3. The van der Waals surface area contributed by atoms with Crippen LogP contribution in [-0.4, -0.2) is 23.3 Å². The standard InChI is InChI=1S/C28H24F3N3O2/c1-2-3-14-32-26(35)20-15-19-10-13-22(16-25(19)33-17-20)34-27(36)24-7-5-4-6-23(24)18-8-11-21(12-9-18)28(29,30)31/h4-13,15-17H,2-3,14H2,1H3,(H,32,35)(H,34,36). The number of unbranched alkanes of at least 4 members (excludes halogenated alkanes) is 1. The van der Waals surface area contributed by atoms with Crippen LogP contribution in [-0.2, 0) is 6.18 Å². The maximum absolute atomic E-state index is 13.1. The average Bonchev–Trinajstić information content (AvgIpc) is 2.88. The number of fused-ring (bicyclic) bond motifs is 1. The summed E-state index contributed by atoms with van der Waals surface area (Å²) in [6, 6.07) is 18.3. The van der Waals surface area contributed by atoms with Crippen molar-refractivity contribution in [2.24, 2.45) is 0 Å². The molecule has 2 N–H and O–H groups in total. The van der Waals surface area contributed by atoms with Crippen molar-refractivity contribution in [2.45, 2.75) is 25.9 Å². The molecule has 0 aliphatic carbocycles. The largest absolute Gasteiger partial charge is 0.416 e. The molecule has 8 heteroatoms. The Labute approximate surface area is 206 Å². The van der Waals surface area contributed by atoms with Crippen molar-refractivity contribution in [3.05, 3.63) is 95.7 Å². The van der Waals surface area contributed by atoms with Crippen molar-refractivity contribution in [2.75, 3.05) is 11.9 Å². The molecule has 184 valence electrons. The summed E-state index contributed by atoms with van der Waals surface area (Å²) < 4.78 is 38.8. The number of nitrogens with one attached hydrogen (secondary N) is 2. The van der Waals surface area contributed by atoms with Gasteiger partial charge >= 0.3 is 6.18 Å². The van der Waals surface area contributed by atoms with Gasteiger partial charge in [0.05, 0.1) is 16.6 Å². The number of pyridine rings is 1. The number of rotatable bonds is 7. The molecule has 0 saturated heterocycles. The molecule has 1 heterocycles. The zero-order valence-corrected chi connectivity index (χ0v) is 19.5. The second-order valence-corrected chi connectivity index (χ2v) is 8.32. The van der Waals surface area contributed by atoms with E-state index in [1.54, 1.807) is 48.5 Å². The van der Waals surface area contributed by atoms with Crippen LogP contribution in [0.4, 0.5) is 18.9 Å². The maximum atomic E-state index is 13.1. The molecule has 0 aliphatic heterocycles. The summed E-state index contributed by atoms with van der Waals surface area (Å²) in [6.07, 6.45) is -1.05. The van der Waals surface area contributed by atoms with E-state index in [0.717, 1.165) is 30.4 Å². The van der Waals surface area contributed by atoms with Crippen molar-refractivity contribution in [1.29, 1.82) is 0 Å². The highest BCUT2D eigenvalue weighted by atomic mass is 19.4.